The molecule has 1 amide bonds. The summed E-state index contributed by atoms with van der Waals surface area (Å²) in [4.78, 5) is 44.1. The van der Waals surface area contributed by atoms with Gasteiger partial charge in [-0.15, -0.1) is 0 Å². The maximum absolute atomic E-state index is 13.4. The smallest absolute Gasteiger partial charge is 0.416 e. The standard InChI is InChI=1S/C25H26F3N3O6S/c1-3-4-11-31-18-13-29-10-9-20(18)38-24(31)30-23(35)17-12-16(25(26,27)28)5-6-19(17)36-14-15(2)37-22(34)8-7-21(32)33/h5-6,9-10,12-13,15H,3-4,7-8,11,14H2,1-2H3,(H,32,33)/t15-/m0/s1. The van der Waals surface area contributed by atoms with Crippen LogP contribution in [-0.4, -0.2) is 45.2 Å². The third kappa shape index (κ3) is 7.63. The number of carboxylic acid groups (broad SMARTS) is 1. The number of aryl methyl sites for hydroxylation is 1. The Morgan fingerprint density at radius 2 is 1.97 bits per heavy atom. The van der Waals surface area contributed by atoms with Crippen molar-refractivity contribution < 1.29 is 42.1 Å². The topological polar surface area (TPSA) is 120 Å². The summed E-state index contributed by atoms with van der Waals surface area (Å²) in [6.07, 6.45) is -1.39. The van der Waals surface area contributed by atoms with E-state index >= 15 is 0 Å². The first-order valence-corrected chi connectivity index (χ1v) is 12.6. The van der Waals surface area contributed by atoms with E-state index in [2.05, 4.69) is 9.98 Å². The van der Waals surface area contributed by atoms with Crippen molar-refractivity contribution in [2.24, 2.45) is 4.99 Å². The van der Waals surface area contributed by atoms with Crippen LogP contribution in [-0.2, 0) is 27.0 Å². The number of hydrogen-bond acceptors (Lipinski definition) is 7. The van der Waals surface area contributed by atoms with E-state index in [1.54, 1.807) is 23.0 Å². The Balaban J connectivity index is 1.92. The molecule has 0 unspecified atom stereocenters. The van der Waals surface area contributed by atoms with Crippen LogP contribution in [0.4, 0.5) is 13.2 Å². The number of unbranched alkanes of at least 4 members (excludes halogenated alkanes) is 1. The summed E-state index contributed by atoms with van der Waals surface area (Å²) >= 11 is 1.22. The van der Waals surface area contributed by atoms with Gasteiger partial charge in [0.15, 0.2) is 4.80 Å². The van der Waals surface area contributed by atoms with Crippen molar-refractivity contribution in [3.05, 3.63) is 52.6 Å². The maximum atomic E-state index is 13.4. The van der Waals surface area contributed by atoms with Gasteiger partial charge in [0.25, 0.3) is 5.91 Å². The summed E-state index contributed by atoms with van der Waals surface area (Å²) in [6, 6.07) is 4.24. The molecule has 1 aromatic carbocycles. The first kappa shape index (κ1) is 28.8. The Morgan fingerprint density at radius 1 is 1.21 bits per heavy atom. The first-order valence-electron chi connectivity index (χ1n) is 11.8. The van der Waals surface area contributed by atoms with E-state index in [9.17, 15) is 27.6 Å². The number of halogens is 3. The molecule has 0 spiro atoms. The minimum absolute atomic E-state index is 0.164. The molecule has 0 aliphatic rings. The van der Waals surface area contributed by atoms with E-state index in [0.29, 0.717) is 17.4 Å². The molecule has 0 fully saturated rings. The molecule has 1 atom stereocenters. The summed E-state index contributed by atoms with van der Waals surface area (Å²) in [5.74, 6) is -3.02. The lowest BCUT2D eigenvalue weighted by Gasteiger charge is -2.16. The number of ether oxygens (including phenoxy) is 2. The van der Waals surface area contributed by atoms with Crippen LogP contribution < -0.4 is 9.54 Å². The molecule has 0 bridgehead atoms. The quantitative estimate of drug-likeness (QED) is 0.338. The van der Waals surface area contributed by atoms with Gasteiger partial charge in [-0.1, -0.05) is 24.7 Å². The average molecular weight is 554 g/mol. The Bertz CT molecular complexity index is 1380. The summed E-state index contributed by atoms with van der Waals surface area (Å²) in [5, 5.41) is 8.66. The maximum Gasteiger partial charge on any atom is 0.416 e. The number of esters is 1. The zero-order valence-electron chi connectivity index (χ0n) is 20.7. The summed E-state index contributed by atoms with van der Waals surface area (Å²) < 4.78 is 53.5. The molecule has 9 nitrogen and oxygen atoms in total. The number of pyridine rings is 1. The Morgan fingerprint density at radius 3 is 2.66 bits per heavy atom. The van der Waals surface area contributed by atoms with Gasteiger partial charge < -0.3 is 19.1 Å². The highest BCUT2D eigenvalue weighted by molar-refractivity contribution is 7.16. The lowest BCUT2D eigenvalue weighted by atomic mass is 10.1. The molecule has 2 aromatic heterocycles. The fourth-order valence-corrected chi connectivity index (χ4v) is 4.44. The molecular weight excluding hydrogens is 527 g/mol. The molecule has 0 saturated heterocycles. The summed E-state index contributed by atoms with van der Waals surface area (Å²) in [6.45, 7) is 3.74. The van der Waals surface area contributed by atoms with Crippen LogP contribution in [0.15, 0.2) is 41.7 Å². The van der Waals surface area contributed by atoms with E-state index in [4.69, 9.17) is 14.6 Å². The zero-order chi connectivity index (χ0) is 27.9. The number of carbonyl (C=O) groups excluding carboxylic acids is 2. The summed E-state index contributed by atoms with van der Waals surface area (Å²) in [5.41, 5.74) is -0.686. The van der Waals surface area contributed by atoms with Crippen molar-refractivity contribution in [1.82, 2.24) is 9.55 Å². The molecule has 0 aliphatic carbocycles. The minimum Gasteiger partial charge on any atom is -0.489 e. The molecule has 0 saturated carbocycles. The monoisotopic (exact) mass is 553 g/mol. The van der Waals surface area contributed by atoms with Gasteiger partial charge in [0.1, 0.15) is 18.5 Å². The molecule has 3 rings (SSSR count). The third-order valence-corrected chi connectivity index (χ3v) is 6.36. The zero-order valence-corrected chi connectivity index (χ0v) is 21.5. The van der Waals surface area contributed by atoms with Gasteiger partial charge >= 0.3 is 18.1 Å². The van der Waals surface area contributed by atoms with E-state index in [1.165, 1.54) is 18.3 Å². The van der Waals surface area contributed by atoms with Crippen LogP contribution in [0.1, 0.15) is 55.5 Å². The second-order valence-electron chi connectivity index (χ2n) is 8.36. The highest BCUT2D eigenvalue weighted by Gasteiger charge is 2.32. The van der Waals surface area contributed by atoms with Crippen LogP contribution in [0.25, 0.3) is 10.2 Å². The van der Waals surface area contributed by atoms with E-state index in [0.717, 1.165) is 35.2 Å². The highest BCUT2D eigenvalue weighted by atomic mass is 32.1. The van der Waals surface area contributed by atoms with Gasteiger partial charge in [0.2, 0.25) is 0 Å². The molecule has 0 aliphatic heterocycles. The van der Waals surface area contributed by atoms with Crippen LogP contribution in [0.3, 0.4) is 0 Å². The Kier molecular flexibility index (Phi) is 9.61. The fourth-order valence-electron chi connectivity index (χ4n) is 3.41. The normalized spacial score (nSPS) is 12.9. The van der Waals surface area contributed by atoms with Crippen molar-refractivity contribution in [3.8, 4) is 5.75 Å². The third-order valence-electron chi connectivity index (χ3n) is 5.30. The largest absolute Gasteiger partial charge is 0.489 e. The molecule has 204 valence electrons. The van der Waals surface area contributed by atoms with Gasteiger partial charge in [0.05, 0.1) is 40.4 Å². The van der Waals surface area contributed by atoms with Gasteiger partial charge in [-0.2, -0.15) is 18.2 Å². The van der Waals surface area contributed by atoms with Crippen LogP contribution in [0.5, 0.6) is 5.75 Å². The molecule has 38 heavy (non-hydrogen) atoms. The van der Waals surface area contributed by atoms with Crippen molar-refractivity contribution in [2.75, 3.05) is 6.61 Å². The second kappa shape index (κ2) is 12.7. The van der Waals surface area contributed by atoms with Gasteiger partial charge in [0, 0.05) is 12.7 Å². The first-order chi connectivity index (χ1) is 18.0. The van der Waals surface area contributed by atoms with Gasteiger partial charge in [-0.05, 0) is 37.6 Å². The minimum atomic E-state index is -4.70. The number of alkyl halides is 3. The molecule has 2 heterocycles. The molecule has 13 heteroatoms. The Hall–Kier alpha value is -3.74. The van der Waals surface area contributed by atoms with Crippen molar-refractivity contribution in [2.45, 2.75) is 58.4 Å². The molecule has 3 aromatic rings. The van der Waals surface area contributed by atoms with E-state index in [-0.39, 0.29) is 18.8 Å². The average Bonchev–Trinajstić information content (AvgIpc) is 3.20. The number of nitrogens with zero attached hydrogens (tertiary/aromatic N) is 3. The number of carboxylic acids is 1. The Labute approximate surface area is 219 Å². The van der Waals surface area contributed by atoms with Crippen LogP contribution >= 0.6 is 11.3 Å². The number of amides is 1. The number of benzene rings is 1. The van der Waals surface area contributed by atoms with Crippen LogP contribution in [0.2, 0.25) is 0 Å². The van der Waals surface area contributed by atoms with Crippen LogP contribution in [0, 0.1) is 0 Å². The SMILES string of the molecule is CCCCn1c(=NC(=O)c2cc(C(F)(F)F)ccc2OC[C@H](C)OC(=O)CCC(=O)O)sc2ccncc21. The lowest BCUT2D eigenvalue weighted by molar-refractivity contribution is -0.152. The number of rotatable bonds is 11. The van der Waals surface area contributed by atoms with Gasteiger partial charge in [-0.25, -0.2) is 0 Å². The summed E-state index contributed by atoms with van der Waals surface area (Å²) in [7, 11) is 0. The van der Waals surface area contributed by atoms with Crippen molar-refractivity contribution >= 4 is 39.4 Å². The van der Waals surface area contributed by atoms with Crippen molar-refractivity contribution in [3.63, 3.8) is 0 Å². The number of hydrogen-bond donors (Lipinski definition) is 1. The number of thiazole rings is 1. The predicted molar refractivity (Wildman–Crippen MR) is 132 cm³/mol. The van der Waals surface area contributed by atoms with E-state index in [1.807, 2.05) is 6.92 Å². The molecule has 1 N–H and O–H groups in total. The lowest BCUT2D eigenvalue weighted by Crippen LogP contribution is -2.23. The van der Waals surface area contributed by atoms with Gasteiger partial charge in [-0.3, -0.25) is 19.4 Å². The van der Waals surface area contributed by atoms with E-state index < -0.39 is 47.7 Å². The predicted octanol–water partition coefficient (Wildman–Crippen LogP) is 4.83. The number of fused-ring (bicyclic) bond motifs is 1. The number of aliphatic carboxylic acids is 1. The number of carbonyl (C=O) groups is 3. The second-order valence-corrected chi connectivity index (χ2v) is 9.37. The highest BCUT2D eigenvalue weighted by Crippen LogP contribution is 2.33. The van der Waals surface area contributed by atoms with Crippen molar-refractivity contribution in [1.29, 1.82) is 0 Å². The molecule has 0 radical (unpaired) electrons. The number of aromatic nitrogens is 2. The molecular formula is C25H26F3N3O6S. The fraction of sp³-hybridized carbons (Fsp3) is 0.400.